The number of aryl methyl sites for hydroxylation is 2. The molecule has 5 aromatic heterocycles. The van der Waals surface area contributed by atoms with Crippen LogP contribution in [-0.4, -0.2) is 30.8 Å². The number of hydrogen-bond donors (Lipinski definition) is 1. The molecule has 0 aliphatic carbocycles. The average Bonchev–Trinajstić information content (AvgIpc) is 3.50. The largest absolute Gasteiger partial charge is 0.477 e. The van der Waals surface area contributed by atoms with Crippen LogP contribution in [0, 0.1) is 13.8 Å². The van der Waals surface area contributed by atoms with Gasteiger partial charge in [0.1, 0.15) is 10.6 Å². The Labute approximate surface area is 188 Å². The number of nitrogens with zero attached hydrogens (tertiary/aromatic N) is 4. The van der Waals surface area contributed by atoms with Crippen molar-refractivity contribution in [1.29, 1.82) is 0 Å². The Kier molecular flexibility index (Phi) is 4.86. The first-order chi connectivity index (χ1) is 15.4. The number of rotatable bonds is 5. The van der Waals surface area contributed by atoms with Gasteiger partial charge in [-0.3, -0.25) is 9.97 Å². The predicted molar refractivity (Wildman–Crippen MR) is 123 cm³/mol. The van der Waals surface area contributed by atoms with Crippen LogP contribution in [0.25, 0.3) is 32.6 Å². The lowest BCUT2D eigenvalue weighted by Crippen LogP contribution is -2.07. The molecule has 0 fully saturated rings. The molecule has 5 aromatic rings. The average molecular weight is 445 g/mol. The summed E-state index contributed by atoms with van der Waals surface area (Å²) in [5.74, 6) is -0.190. The second-order valence-corrected chi connectivity index (χ2v) is 8.72. The van der Waals surface area contributed by atoms with Gasteiger partial charge in [0, 0.05) is 40.2 Å². The van der Waals surface area contributed by atoms with Crippen LogP contribution in [0.3, 0.4) is 0 Å². The monoisotopic (exact) mass is 444 g/mol. The Morgan fingerprint density at radius 1 is 1.19 bits per heavy atom. The molecule has 32 heavy (non-hydrogen) atoms. The number of thiophene rings is 1. The fourth-order valence-corrected chi connectivity index (χ4v) is 4.88. The molecule has 0 aromatic carbocycles. The highest BCUT2D eigenvalue weighted by atomic mass is 32.1. The summed E-state index contributed by atoms with van der Waals surface area (Å²) >= 11 is 1.24. The van der Waals surface area contributed by atoms with E-state index in [0.29, 0.717) is 4.88 Å². The molecular formula is C24H20N4O3S. The van der Waals surface area contributed by atoms with Crippen molar-refractivity contribution in [3.8, 4) is 21.6 Å². The van der Waals surface area contributed by atoms with Gasteiger partial charge in [0.05, 0.1) is 28.5 Å². The number of carbonyl (C=O) groups is 1. The maximum absolute atomic E-state index is 11.4. The quantitative estimate of drug-likeness (QED) is 0.371. The van der Waals surface area contributed by atoms with E-state index >= 15 is 0 Å². The third-order valence-corrected chi connectivity index (χ3v) is 6.71. The Balaban J connectivity index is 1.74. The van der Waals surface area contributed by atoms with Gasteiger partial charge in [-0.15, -0.1) is 11.3 Å². The van der Waals surface area contributed by atoms with Crippen molar-refractivity contribution < 1.29 is 14.4 Å². The van der Waals surface area contributed by atoms with Gasteiger partial charge in [-0.05, 0) is 51.1 Å². The summed E-state index contributed by atoms with van der Waals surface area (Å²) < 4.78 is 7.50. The van der Waals surface area contributed by atoms with E-state index in [1.165, 1.54) is 11.3 Å². The van der Waals surface area contributed by atoms with Gasteiger partial charge in [-0.25, -0.2) is 4.79 Å². The maximum Gasteiger partial charge on any atom is 0.345 e. The van der Waals surface area contributed by atoms with Crippen LogP contribution < -0.4 is 0 Å². The molecule has 5 rings (SSSR count). The van der Waals surface area contributed by atoms with E-state index in [1.54, 1.807) is 12.3 Å². The molecule has 0 amide bonds. The van der Waals surface area contributed by atoms with Gasteiger partial charge in [0.2, 0.25) is 0 Å². The van der Waals surface area contributed by atoms with Crippen molar-refractivity contribution in [2.75, 3.05) is 0 Å². The first-order valence-corrected chi connectivity index (χ1v) is 10.9. The predicted octanol–water partition coefficient (Wildman–Crippen LogP) is 5.74. The zero-order valence-electron chi connectivity index (χ0n) is 17.7. The highest BCUT2D eigenvalue weighted by molar-refractivity contribution is 7.17. The van der Waals surface area contributed by atoms with E-state index in [-0.39, 0.29) is 6.04 Å². The van der Waals surface area contributed by atoms with E-state index in [1.807, 2.05) is 50.5 Å². The topological polar surface area (TPSA) is 94.0 Å². The summed E-state index contributed by atoms with van der Waals surface area (Å²) in [4.78, 5) is 21.9. The zero-order valence-corrected chi connectivity index (χ0v) is 18.6. The maximum atomic E-state index is 11.4. The van der Waals surface area contributed by atoms with E-state index < -0.39 is 5.97 Å². The molecule has 8 heteroatoms. The number of carboxylic acid groups (broad SMARTS) is 1. The minimum Gasteiger partial charge on any atom is -0.477 e. The molecule has 5 heterocycles. The number of fused-ring (bicyclic) bond motifs is 1. The van der Waals surface area contributed by atoms with Gasteiger partial charge < -0.3 is 14.2 Å². The van der Waals surface area contributed by atoms with Crippen molar-refractivity contribution in [3.05, 3.63) is 77.0 Å². The summed E-state index contributed by atoms with van der Waals surface area (Å²) in [5.41, 5.74) is 6.22. The Bertz CT molecular complexity index is 1430. The third-order valence-electron chi connectivity index (χ3n) is 5.61. The molecule has 1 atom stereocenters. The minimum absolute atomic E-state index is 0.0481. The van der Waals surface area contributed by atoms with E-state index in [9.17, 15) is 9.90 Å². The van der Waals surface area contributed by atoms with Gasteiger partial charge in [0.15, 0.2) is 0 Å². The molecule has 0 saturated carbocycles. The van der Waals surface area contributed by atoms with Crippen LogP contribution in [0.4, 0.5) is 0 Å². The Hall–Kier alpha value is -3.78. The van der Waals surface area contributed by atoms with Gasteiger partial charge in [0.25, 0.3) is 0 Å². The molecule has 1 N–H and O–H groups in total. The molecule has 0 radical (unpaired) electrons. The summed E-state index contributed by atoms with van der Waals surface area (Å²) in [6, 6.07) is 11.4. The van der Waals surface area contributed by atoms with Crippen molar-refractivity contribution in [3.63, 3.8) is 0 Å². The van der Waals surface area contributed by atoms with Gasteiger partial charge >= 0.3 is 5.97 Å². The van der Waals surface area contributed by atoms with Gasteiger partial charge in [-0.2, -0.15) is 0 Å². The molecule has 0 aliphatic heterocycles. The lowest BCUT2D eigenvalue weighted by atomic mass is 10.1. The SMILES string of the molecule is Cc1noc(C)c1-c1cnc2c(-c3ccc(C(=O)O)s3)cn([C@@H](C)c3ccccn3)c2c1. The normalized spacial score (nSPS) is 12.3. The molecular weight excluding hydrogens is 424 g/mol. The number of carboxylic acids is 1. The smallest absolute Gasteiger partial charge is 0.345 e. The van der Waals surface area contributed by atoms with Crippen molar-refractivity contribution in [2.24, 2.45) is 0 Å². The van der Waals surface area contributed by atoms with Gasteiger partial charge in [-0.1, -0.05) is 11.2 Å². The van der Waals surface area contributed by atoms with Crippen molar-refractivity contribution in [1.82, 2.24) is 19.7 Å². The fourth-order valence-electron chi connectivity index (χ4n) is 4.02. The summed E-state index contributed by atoms with van der Waals surface area (Å²) in [7, 11) is 0. The number of hydrogen-bond acceptors (Lipinski definition) is 6. The molecule has 0 aliphatic rings. The highest BCUT2D eigenvalue weighted by Crippen LogP contribution is 2.38. The first-order valence-electron chi connectivity index (χ1n) is 10.1. The number of pyridine rings is 2. The van der Waals surface area contributed by atoms with Crippen LogP contribution in [0.2, 0.25) is 0 Å². The van der Waals surface area contributed by atoms with E-state index in [4.69, 9.17) is 9.51 Å². The van der Waals surface area contributed by atoms with E-state index in [0.717, 1.165) is 49.7 Å². The Morgan fingerprint density at radius 3 is 2.69 bits per heavy atom. The van der Waals surface area contributed by atoms with Crippen molar-refractivity contribution in [2.45, 2.75) is 26.8 Å². The van der Waals surface area contributed by atoms with Crippen LogP contribution in [0.5, 0.6) is 0 Å². The fraction of sp³-hybridized carbons (Fsp3) is 0.167. The van der Waals surface area contributed by atoms with Crippen molar-refractivity contribution >= 4 is 28.3 Å². The van der Waals surface area contributed by atoms with Crippen LogP contribution in [0.1, 0.15) is 39.8 Å². The van der Waals surface area contributed by atoms with Crippen LogP contribution >= 0.6 is 11.3 Å². The lowest BCUT2D eigenvalue weighted by molar-refractivity contribution is 0.0702. The Morgan fingerprint density at radius 2 is 2.03 bits per heavy atom. The van der Waals surface area contributed by atoms with Crippen LogP contribution in [0.15, 0.2) is 59.5 Å². The molecule has 0 bridgehead atoms. The highest BCUT2D eigenvalue weighted by Gasteiger charge is 2.21. The molecule has 0 saturated heterocycles. The van der Waals surface area contributed by atoms with E-state index in [2.05, 4.69) is 27.7 Å². The second kappa shape index (κ2) is 7.72. The first kappa shape index (κ1) is 20.1. The van der Waals surface area contributed by atoms with Crippen LogP contribution in [-0.2, 0) is 0 Å². The standard InChI is InChI=1S/C24H20N4O3S/c1-13-22(15(3)31-27-13)16-10-19-23(26-11-16)17(20-7-8-21(32-20)24(29)30)12-28(19)14(2)18-6-4-5-9-25-18/h4-12,14H,1-3H3,(H,29,30)/t14-/m0/s1. The lowest BCUT2D eigenvalue weighted by Gasteiger charge is -2.15. The second-order valence-electron chi connectivity index (χ2n) is 7.64. The molecule has 0 spiro atoms. The summed E-state index contributed by atoms with van der Waals surface area (Å²) in [5, 5.41) is 13.4. The summed E-state index contributed by atoms with van der Waals surface area (Å²) in [6.45, 7) is 5.89. The molecule has 0 unspecified atom stereocenters. The third kappa shape index (κ3) is 3.29. The molecule has 160 valence electrons. The zero-order chi connectivity index (χ0) is 22.4. The molecule has 7 nitrogen and oxygen atoms in total. The number of aromatic carboxylic acids is 1. The summed E-state index contributed by atoms with van der Waals surface area (Å²) in [6.07, 6.45) is 5.63. The minimum atomic E-state index is -0.930. The number of aromatic nitrogens is 4.